The minimum atomic E-state index is -0.842. The van der Waals surface area contributed by atoms with Gasteiger partial charge in [0.25, 0.3) is 0 Å². The first kappa shape index (κ1) is 17.0. The van der Waals surface area contributed by atoms with Crippen LogP contribution in [0.4, 0.5) is 4.79 Å². The van der Waals surface area contributed by atoms with Crippen LogP contribution in [0.25, 0.3) is 0 Å². The van der Waals surface area contributed by atoms with Gasteiger partial charge in [-0.1, -0.05) is 0 Å². The fourth-order valence-corrected chi connectivity index (χ4v) is 2.02. The molecule has 0 aliphatic rings. The molecule has 0 radical (unpaired) electrons. The SMILES string of the molecule is CC(Cn1cccn1)NC(=O)N(CCCC(=O)O)C(C)C. The summed E-state index contributed by atoms with van der Waals surface area (Å²) in [6.45, 7) is 6.77. The van der Waals surface area contributed by atoms with Crippen LogP contribution < -0.4 is 5.32 Å². The lowest BCUT2D eigenvalue weighted by Gasteiger charge is -2.28. The van der Waals surface area contributed by atoms with Gasteiger partial charge < -0.3 is 15.3 Å². The van der Waals surface area contributed by atoms with Crippen molar-refractivity contribution in [1.29, 1.82) is 0 Å². The summed E-state index contributed by atoms with van der Waals surface area (Å²) < 4.78 is 1.76. The van der Waals surface area contributed by atoms with Crippen LogP contribution in [-0.2, 0) is 11.3 Å². The van der Waals surface area contributed by atoms with E-state index in [0.717, 1.165) is 0 Å². The number of urea groups is 1. The molecular formula is C14H24N4O3. The largest absolute Gasteiger partial charge is 0.481 e. The van der Waals surface area contributed by atoms with E-state index in [-0.39, 0.29) is 24.5 Å². The first-order valence-corrected chi connectivity index (χ1v) is 7.16. The average molecular weight is 296 g/mol. The first-order valence-electron chi connectivity index (χ1n) is 7.16. The predicted molar refractivity (Wildman–Crippen MR) is 78.9 cm³/mol. The third kappa shape index (κ3) is 6.29. The van der Waals surface area contributed by atoms with Crippen molar-refractivity contribution in [2.45, 2.75) is 52.2 Å². The van der Waals surface area contributed by atoms with Gasteiger partial charge in [0, 0.05) is 37.4 Å². The maximum atomic E-state index is 12.2. The Hall–Kier alpha value is -2.05. The van der Waals surface area contributed by atoms with Gasteiger partial charge in [-0.2, -0.15) is 5.10 Å². The molecule has 118 valence electrons. The van der Waals surface area contributed by atoms with Crippen LogP contribution in [0.2, 0.25) is 0 Å². The minimum Gasteiger partial charge on any atom is -0.481 e. The van der Waals surface area contributed by atoms with E-state index in [9.17, 15) is 9.59 Å². The molecule has 1 aromatic rings. The van der Waals surface area contributed by atoms with Crippen molar-refractivity contribution < 1.29 is 14.7 Å². The van der Waals surface area contributed by atoms with Crippen molar-refractivity contribution >= 4 is 12.0 Å². The van der Waals surface area contributed by atoms with E-state index in [1.165, 1.54) is 0 Å². The smallest absolute Gasteiger partial charge is 0.317 e. The lowest BCUT2D eigenvalue weighted by Crippen LogP contribution is -2.48. The highest BCUT2D eigenvalue weighted by Crippen LogP contribution is 2.04. The summed E-state index contributed by atoms with van der Waals surface area (Å²) in [5, 5.41) is 15.7. The van der Waals surface area contributed by atoms with Gasteiger partial charge in [-0.25, -0.2) is 4.79 Å². The molecule has 1 heterocycles. The number of hydrogen-bond donors (Lipinski definition) is 2. The van der Waals surface area contributed by atoms with Gasteiger partial charge in [-0.05, 0) is 33.3 Å². The summed E-state index contributed by atoms with van der Waals surface area (Å²) in [4.78, 5) is 24.4. The fraction of sp³-hybridized carbons (Fsp3) is 0.643. The van der Waals surface area contributed by atoms with Crippen molar-refractivity contribution in [2.75, 3.05) is 6.54 Å². The highest BCUT2D eigenvalue weighted by atomic mass is 16.4. The number of aliphatic carboxylic acids is 1. The molecule has 0 saturated carbocycles. The van der Waals surface area contributed by atoms with E-state index in [1.807, 2.05) is 33.0 Å². The number of carboxylic acids is 1. The number of rotatable bonds is 8. The van der Waals surface area contributed by atoms with Crippen LogP contribution in [0.5, 0.6) is 0 Å². The summed E-state index contributed by atoms with van der Waals surface area (Å²) in [6.07, 6.45) is 4.06. The number of carbonyl (C=O) groups excluding carboxylic acids is 1. The minimum absolute atomic E-state index is 0.0238. The number of nitrogens with one attached hydrogen (secondary N) is 1. The maximum Gasteiger partial charge on any atom is 0.317 e. The Kier molecular flexibility index (Phi) is 6.71. The third-order valence-corrected chi connectivity index (χ3v) is 3.06. The molecule has 1 rings (SSSR count). The average Bonchev–Trinajstić information content (AvgIpc) is 2.86. The van der Waals surface area contributed by atoms with E-state index >= 15 is 0 Å². The van der Waals surface area contributed by atoms with E-state index in [1.54, 1.807) is 15.8 Å². The second kappa shape index (κ2) is 8.28. The topological polar surface area (TPSA) is 87.5 Å². The highest BCUT2D eigenvalue weighted by molar-refractivity contribution is 5.74. The maximum absolute atomic E-state index is 12.2. The summed E-state index contributed by atoms with van der Waals surface area (Å²) in [5.41, 5.74) is 0. The number of aromatic nitrogens is 2. The normalized spacial score (nSPS) is 12.2. The Bertz CT molecular complexity index is 445. The summed E-state index contributed by atoms with van der Waals surface area (Å²) >= 11 is 0. The standard InChI is InChI=1S/C14H24N4O3/c1-11(2)18(9-4-6-13(19)20)14(21)16-12(3)10-17-8-5-7-15-17/h5,7-8,11-12H,4,6,9-10H2,1-3H3,(H,16,21)(H,19,20). The molecular weight excluding hydrogens is 272 g/mol. The van der Waals surface area contributed by atoms with Crippen LogP contribution in [0.15, 0.2) is 18.5 Å². The zero-order valence-corrected chi connectivity index (χ0v) is 12.8. The molecule has 1 aromatic heterocycles. The highest BCUT2D eigenvalue weighted by Gasteiger charge is 2.18. The Labute approximate surface area is 124 Å². The first-order chi connectivity index (χ1) is 9.90. The molecule has 0 spiro atoms. The third-order valence-electron chi connectivity index (χ3n) is 3.06. The van der Waals surface area contributed by atoms with Gasteiger partial charge in [0.2, 0.25) is 0 Å². The molecule has 0 aliphatic heterocycles. The van der Waals surface area contributed by atoms with Crippen molar-refractivity contribution in [2.24, 2.45) is 0 Å². The number of amides is 2. The Balaban J connectivity index is 2.46. The summed E-state index contributed by atoms with van der Waals surface area (Å²) in [7, 11) is 0. The van der Waals surface area contributed by atoms with E-state index in [4.69, 9.17) is 5.11 Å². The van der Waals surface area contributed by atoms with E-state index < -0.39 is 5.97 Å². The van der Waals surface area contributed by atoms with Gasteiger partial charge in [-0.3, -0.25) is 9.48 Å². The Morgan fingerprint density at radius 2 is 2.10 bits per heavy atom. The second-order valence-corrected chi connectivity index (χ2v) is 5.36. The van der Waals surface area contributed by atoms with Crippen LogP contribution >= 0.6 is 0 Å². The molecule has 0 bridgehead atoms. The summed E-state index contributed by atoms with van der Waals surface area (Å²) in [5.74, 6) is -0.842. The Morgan fingerprint density at radius 3 is 2.62 bits per heavy atom. The van der Waals surface area contributed by atoms with Gasteiger partial charge in [0.05, 0.1) is 6.54 Å². The monoisotopic (exact) mass is 296 g/mol. The zero-order valence-electron chi connectivity index (χ0n) is 12.8. The molecule has 7 heteroatoms. The van der Waals surface area contributed by atoms with Crippen LogP contribution in [0, 0.1) is 0 Å². The van der Waals surface area contributed by atoms with Crippen molar-refractivity contribution in [3.8, 4) is 0 Å². The molecule has 2 amide bonds. The fourth-order valence-electron chi connectivity index (χ4n) is 2.02. The number of carboxylic acid groups (broad SMARTS) is 1. The van der Waals surface area contributed by atoms with Gasteiger partial charge in [0.1, 0.15) is 0 Å². The molecule has 0 saturated heterocycles. The quantitative estimate of drug-likeness (QED) is 0.762. The molecule has 21 heavy (non-hydrogen) atoms. The molecule has 0 aromatic carbocycles. The molecule has 0 aliphatic carbocycles. The second-order valence-electron chi connectivity index (χ2n) is 5.36. The number of hydrogen-bond acceptors (Lipinski definition) is 3. The molecule has 2 N–H and O–H groups in total. The van der Waals surface area contributed by atoms with Crippen molar-refractivity contribution in [1.82, 2.24) is 20.0 Å². The lowest BCUT2D eigenvalue weighted by molar-refractivity contribution is -0.137. The van der Waals surface area contributed by atoms with Gasteiger partial charge in [0.15, 0.2) is 0 Å². The molecule has 0 fully saturated rings. The molecule has 7 nitrogen and oxygen atoms in total. The van der Waals surface area contributed by atoms with Gasteiger partial charge in [-0.15, -0.1) is 0 Å². The van der Waals surface area contributed by atoms with E-state index in [2.05, 4.69) is 10.4 Å². The Morgan fingerprint density at radius 1 is 1.38 bits per heavy atom. The van der Waals surface area contributed by atoms with Crippen LogP contribution in [0.3, 0.4) is 0 Å². The lowest BCUT2D eigenvalue weighted by atomic mass is 10.2. The van der Waals surface area contributed by atoms with E-state index in [0.29, 0.717) is 19.5 Å². The predicted octanol–water partition coefficient (Wildman–Crippen LogP) is 1.56. The molecule has 1 unspecified atom stereocenters. The van der Waals surface area contributed by atoms with Crippen LogP contribution in [-0.4, -0.2) is 50.4 Å². The summed E-state index contributed by atoms with van der Waals surface area (Å²) in [6, 6.07) is 1.63. The van der Waals surface area contributed by atoms with Crippen LogP contribution in [0.1, 0.15) is 33.6 Å². The van der Waals surface area contributed by atoms with Gasteiger partial charge >= 0.3 is 12.0 Å². The van der Waals surface area contributed by atoms with Crippen molar-refractivity contribution in [3.05, 3.63) is 18.5 Å². The number of nitrogens with zero attached hydrogens (tertiary/aromatic N) is 3. The molecule has 1 atom stereocenters. The number of carbonyl (C=O) groups is 2. The zero-order chi connectivity index (χ0) is 15.8. The van der Waals surface area contributed by atoms with Crippen molar-refractivity contribution in [3.63, 3.8) is 0 Å².